The summed E-state index contributed by atoms with van der Waals surface area (Å²) in [5.41, 5.74) is 5.86. The van der Waals surface area contributed by atoms with E-state index in [0.717, 1.165) is 19.3 Å². The summed E-state index contributed by atoms with van der Waals surface area (Å²) in [7, 11) is 0. The van der Waals surface area contributed by atoms with Crippen LogP contribution in [0.1, 0.15) is 33.1 Å². The second-order valence-corrected chi connectivity index (χ2v) is 6.08. The highest BCUT2D eigenvalue weighted by Gasteiger charge is 2.33. The van der Waals surface area contributed by atoms with E-state index in [2.05, 4.69) is 0 Å². The summed E-state index contributed by atoms with van der Waals surface area (Å²) in [5, 5.41) is 0. The smallest absolute Gasteiger partial charge is 0.225 e. The molecule has 1 aliphatic carbocycles. The van der Waals surface area contributed by atoms with Crippen LogP contribution in [0.4, 0.5) is 0 Å². The highest BCUT2D eigenvalue weighted by molar-refractivity contribution is 5.85. The van der Waals surface area contributed by atoms with E-state index in [-0.39, 0.29) is 42.1 Å². The van der Waals surface area contributed by atoms with Crippen molar-refractivity contribution in [2.24, 2.45) is 17.6 Å². The highest BCUT2D eigenvalue weighted by Crippen LogP contribution is 2.26. The third-order valence-electron chi connectivity index (χ3n) is 4.22. The molecule has 1 saturated heterocycles. The monoisotopic (exact) mass is 303 g/mol. The lowest BCUT2D eigenvalue weighted by Crippen LogP contribution is -2.52. The van der Waals surface area contributed by atoms with Crippen molar-refractivity contribution in [3.63, 3.8) is 0 Å². The lowest BCUT2D eigenvalue weighted by molar-refractivity contribution is -0.143. The number of carbonyl (C=O) groups is 2. The summed E-state index contributed by atoms with van der Waals surface area (Å²) < 4.78 is 0. The van der Waals surface area contributed by atoms with Gasteiger partial charge in [-0.2, -0.15) is 0 Å². The zero-order valence-corrected chi connectivity index (χ0v) is 13.2. The molecule has 2 amide bonds. The Morgan fingerprint density at radius 1 is 1.05 bits per heavy atom. The van der Waals surface area contributed by atoms with Gasteiger partial charge in [0.2, 0.25) is 11.8 Å². The van der Waals surface area contributed by atoms with Crippen molar-refractivity contribution in [3.05, 3.63) is 0 Å². The zero-order valence-electron chi connectivity index (χ0n) is 12.4. The van der Waals surface area contributed by atoms with Gasteiger partial charge in [0.25, 0.3) is 0 Å². The largest absolute Gasteiger partial charge is 0.339 e. The molecule has 2 aliphatic rings. The SMILES string of the molecule is CC(C)C(=O)N1CCN(C(=O)C2CCC(N)C2)CC1.Cl. The predicted octanol–water partition coefficient (Wildman–Crippen LogP) is 0.862. The second-order valence-electron chi connectivity index (χ2n) is 6.08. The van der Waals surface area contributed by atoms with E-state index >= 15 is 0 Å². The molecule has 2 unspecified atom stereocenters. The molecule has 2 fully saturated rings. The number of nitrogens with zero attached hydrogens (tertiary/aromatic N) is 2. The van der Waals surface area contributed by atoms with Gasteiger partial charge in [-0.25, -0.2) is 0 Å². The predicted molar refractivity (Wildman–Crippen MR) is 80.6 cm³/mol. The van der Waals surface area contributed by atoms with Crippen molar-refractivity contribution in [2.75, 3.05) is 26.2 Å². The molecule has 6 heteroatoms. The molecule has 2 atom stereocenters. The molecule has 20 heavy (non-hydrogen) atoms. The molecule has 116 valence electrons. The Morgan fingerprint density at radius 2 is 1.60 bits per heavy atom. The van der Waals surface area contributed by atoms with Crippen LogP contribution in [0.3, 0.4) is 0 Å². The Morgan fingerprint density at radius 3 is 2.05 bits per heavy atom. The number of amides is 2. The summed E-state index contributed by atoms with van der Waals surface area (Å²) in [5.74, 6) is 0.581. The first kappa shape index (κ1) is 17.2. The number of rotatable bonds is 2. The Bertz CT molecular complexity index is 354. The normalized spacial score (nSPS) is 26.6. The molecule has 2 rings (SSSR count). The number of piperazine rings is 1. The summed E-state index contributed by atoms with van der Waals surface area (Å²) in [6.07, 6.45) is 2.71. The Balaban J connectivity index is 0.00000200. The van der Waals surface area contributed by atoms with Crippen molar-refractivity contribution in [1.29, 1.82) is 0 Å². The van der Waals surface area contributed by atoms with Crippen molar-refractivity contribution < 1.29 is 9.59 Å². The van der Waals surface area contributed by atoms with Crippen molar-refractivity contribution in [1.82, 2.24) is 9.80 Å². The molecule has 0 bridgehead atoms. The van der Waals surface area contributed by atoms with Crippen LogP contribution in [0.25, 0.3) is 0 Å². The maximum absolute atomic E-state index is 12.3. The number of hydrogen-bond acceptors (Lipinski definition) is 3. The lowest BCUT2D eigenvalue weighted by Gasteiger charge is -2.36. The van der Waals surface area contributed by atoms with Gasteiger partial charge in [-0.05, 0) is 19.3 Å². The summed E-state index contributed by atoms with van der Waals surface area (Å²) in [4.78, 5) is 28.0. The maximum Gasteiger partial charge on any atom is 0.225 e. The zero-order chi connectivity index (χ0) is 14.0. The van der Waals surface area contributed by atoms with Crippen LogP contribution in [0.5, 0.6) is 0 Å². The van der Waals surface area contributed by atoms with Gasteiger partial charge in [-0.15, -0.1) is 12.4 Å². The van der Waals surface area contributed by atoms with Crippen molar-refractivity contribution >= 4 is 24.2 Å². The van der Waals surface area contributed by atoms with Crippen LogP contribution in [0, 0.1) is 11.8 Å². The minimum atomic E-state index is 0. The number of halogens is 1. The topological polar surface area (TPSA) is 66.6 Å². The standard InChI is InChI=1S/C14H25N3O2.ClH/c1-10(2)13(18)16-5-7-17(8-6-16)14(19)11-3-4-12(15)9-11;/h10-12H,3-9,15H2,1-2H3;1H. The summed E-state index contributed by atoms with van der Waals surface area (Å²) in [6, 6.07) is 0.192. The minimum Gasteiger partial charge on any atom is -0.339 e. The highest BCUT2D eigenvalue weighted by atomic mass is 35.5. The van der Waals surface area contributed by atoms with Gasteiger partial charge in [-0.3, -0.25) is 9.59 Å². The Hall–Kier alpha value is -0.810. The van der Waals surface area contributed by atoms with Crippen LogP contribution in [-0.4, -0.2) is 53.8 Å². The van der Waals surface area contributed by atoms with E-state index in [4.69, 9.17) is 5.73 Å². The van der Waals surface area contributed by atoms with Gasteiger partial charge in [0.1, 0.15) is 0 Å². The fraction of sp³-hybridized carbons (Fsp3) is 0.857. The van der Waals surface area contributed by atoms with Gasteiger partial charge in [0.15, 0.2) is 0 Å². The average molecular weight is 304 g/mol. The summed E-state index contributed by atoms with van der Waals surface area (Å²) >= 11 is 0. The molecule has 1 aliphatic heterocycles. The van der Waals surface area contributed by atoms with E-state index in [1.807, 2.05) is 23.6 Å². The first-order valence-electron chi connectivity index (χ1n) is 7.32. The first-order valence-corrected chi connectivity index (χ1v) is 7.32. The number of nitrogens with two attached hydrogens (primary N) is 1. The van der Waals surface area contributed by atoms with E-state index in [1.165, 1.54) is 0 Å². The van der Waals surface area contributed by atoms with E-state index in [9.17, 15) is 9.59 Å². The van der Waals surface area contributed by atoms with Gasteiger partial charge in [0, 0.05) is 44.1 Å². The quantitative estimate of drug-likeness (QED) is 0.823. The fourth-order valence-electron chi connectivity index (χ4n) is 3.01. The fourth-order valence-corrected chi connectivity index (χ4v) is 3.01. The molecule has 0 aromatic carbocycles. The van der Waals surface area contributed by atoms with E-state index in [0.29, 0.717) is 26.2 Å². The van der Waals surface area contributed by atoms with E-state index < -0.39 is 0 Å². The number of hydrogen-bond donors (Lipinski definition) is 1. The molecule has 0 aromatic heterocycles. The van der Waals surface area contributed by atoms with Gasteiger partial charge in [-0.1, -0.05) is 13.8 Å². The van der Waals surface area contributed by atoms with Crippen LogP contribution >= 0.6 is 12.4 Å². The molecule has 0 aromatic rings. The van der Waals surface area contributed by atoms with Gasteiger partial charge in [0.05, 0.1) is 0 Å². The molecular formula is C14H26ClN3O2. The van der Waals surface area contributed by atoms with Gasteiger partial charge < -0.3 is 15.5 Å². The minimum absolute atomic E-state index is 0. The van der Waals surface area contributed by atoms with Crippen LogP contribution < -0.4 is 5.73 Å². The maximum atomic E-state index is 12.3. The van der Waals surface area contributed by atoms with Gasteiger partial charge >= 0.3 is 0 Å². The second kappa shape index (κ2) is 7.27. The first-order chi connectivity index (χ1) is 8.99. The Labute approximate surface area is 127 Å². The van der Waals surface area contributed by atoms with Crippen LogP contribution in [-0.2, 0) is 9.59 Å². The van der Waals surface area contributed by atoms with Crippen LogP contribution in [0.15, 0.2) is 0 Å². The molecule has 0 spiro atoms. The molecular weight excluding hydrogens is 278 g/mol. The third-order valence-corrected chi connectivity index (χ3v) is 4.22. The molecule has 2 N–H and O–H groups in total. The third kappa shape index (κ3) is 3.85. The number of carbonyl (C=O) groups excluding carboxylic acids is 2. The lowest BCUT2D eigenvalue weighted by atomic mass is 10.1. The van der Waals surface area contributed by atoms with Crippen molar-refractivity contribution in [3.8, 4) is 0 Å². The molecule has 1 heterocycles. The Kier molecular flexibility index (Phi) is 6.27. The average Bonchev–Trinajstić information content (AvgIpc) is 2.84. The van der Waals surface area contributed by atoms with Crippen LogP contribution in [0.2, 0.25) is 0 Å². The van der Waals surface area contributed by atoms with Crippen molar-refractivity contribution in [2.45, 2.75) is 39.2 Å². The molecule has 0 radical (unpaired) electrons. The summed E-state index contributed by atoms with van der Waals surface area (Å²) in [6.45, 7) is 6.51. The van der Waals surface area contributed by atoms with E-state index in [1.54, 1.807) is 0 Å². The molecule has 5 nitrogen and oxygen atoms in total. The molecule has 1 saturated carbocycles.